The van der Waals surface area contributed by atoms with Crippen molar-refractivity contribution in [1.29, 1.82) is 0 Å². The van der Waals surface area contributed by atoms with E-state index in [4.69, 9.17) is 37.1 Å². The summed E-state index contributed by atoms with van der Waals surface area (Å²) < 4.78 is 16.4. The van der Waals surface area contributed by atoms with E-state index in [0.717, 1.165) is 16.7 Å². The van der Waals surface area contributed by atoms with Gasteiger partial charge in [0.15, 0.2) is 11.9 Å². The minimum absolute atomic E-state index is 0.210. The number of ether oxygens (including phenoxy) is 2. The SMILES string of the molecule is COC(OC)c1ccc(C(=O)Nc2cccc(-c3cccc(-c4nc5cc(C=O)cc(Cl)c5o4)c3C)c2Cl)nc1. The van der Waals surface area contributed by atoms with Gasteiger partial charge < -0.3 is 19.2 Å². The third-order valence-corrected chi connectivity index (χ3v) is 7.11. The van der Waals surface area contributed by atoms with Crippen LogP contribution in [0.3, 0.4) is 0 Å². The molecule has 2 heterocycles. The Kier molecular flexibility index (Phi) is 7.95. The van der Waals surface area contributed by atoms with E-state index >= 15 is 0 Å². The van der Waals surface area contributed by atoms with E-state index in [2.05, 4.69) is 15.3 Å². The molecule has 0 fully saturated rings. The molecule has 3 aromatic carbocycles. The van der Waals surface area contributed by atoms with Crippen LogP contribution < -0.4 is 5.32 Å². The molecule has 0 spiro atoms. The molecule has 0 atom stereocenters. The van der Waals surface area contributed by atoms with Gasteiger partial charge in [0.2, 0.25) is 5.89 Å². The predicted octanol–water partition coefficient (Wildman–Crippen LogP) is 7.53. The summed E-state index contributed by atoms with van der Waals surface area (Å²) in [6.07, 6.45) is 1.66. The molecule has 5 aromatic rings. The maximum Gasteiger partial charge on any atom is 0.274 e. The first-order valence-corrected chi connectivity index (χ1v) is 12.9. The van der Waals surface area contributed by atoms with Gasteiger partial charge in [-0.3, -0.25) is 14.6 Å². The van der Waals surface area contributed by atoms with Gasteiger partial charge >= 0.3 is 0 Å². The summed E-state index contributed by atoms with van der Waals surface area (Å²) in [5.41, 5.74) is 5.75. The average Bonchev–Trinajstić information content (AvgIpc) is 3.40. The number of oxazole rings is 1. The zero-order valence-electron chi connectivity index (χ0n) is 21.7. The average molecular weight is 576 g/mol. The lowest BCUT2D eigenvalue weighted by Crippen LogP contribution is -2.15. The summed E-state index contributed by atoms with van der Waals surface area (Å²) in [5, 5.41) is 3.51. The van der Waals surface area contributed by atoms with Crippen LogP contribution in [0.4, 0.5) is 5.69 Å². The molecule has 0 aliphatic heterocycles. The van der Waals surface area contributed by atoms with Crippen LogP contribution >= 0.6 is 23.2 Å². The third kappa shape index (κ3) is 5.22. The quantitative estimate of drug-likeness (QED) is 0.150. The van der Waals surface area contributed by atoms with Crippen molar-refractivity contribution in [3.63, 3.8) is 0 Å². The van der Waals surface area contributed by atoms with E-state index in [-0.39, 0.29) is 5.69 Å². The van der Waals surface area contributed by atoms with Crippen LogP contribution in [0.2, 0.25) is 10.0 Å². The molecule has 0 aliphatic rings. The number of aromatic nitrogens is 2. The molecule has 1 N–H and O–H groups in total. The maximum atomic E-state index is 13.0. The highest BCUT2D eigenvalue weighted by Gasteiger charge is 2.19. The first-order chi connectivity index (χ1) is 19.3. The molecule has 0 aliphatic carbocycles. The number of methoxy groups -OCH3 is 2. The van der Waals surface area contributed by atoms with Crippen molar-refractivity contribution in [1.82, 2.24) is 9.97 Å². The summed E-state index contributed by atoms with van der Waals surface area (Å²) in [5.74, 6) is -0.0564. The number of aldehydes is 1. The Morgan fingerprint density at radius 1 is 1.00 bits per heavy atom. The number of fused-ring (bicyclic) bond motifs is 1. The maximum absolute atomic E-state index is 13.0. The third-order valence-electron chi connectivity index (χ3n) is 6.42. The van der Waals surface area contributed by atoms with Crippen molar-refractivity contribution in [2.75, 3.05) is 19.5 Å². The number of nitrogens with one attached hydrogen (secondary N) is 1. The topological polar surface area (TPSA) is 104 Å². The standard InChI is InChI=1S/C30H23Cl2N3O5/c1-16-19(6-4-7-20(16)29-35-25-13-17(15-36)12-22(31)27(25)40-29)21-8-5-9-23(26(21)32)34-28(37)24-11-10-18(14-33-24)30(38-2)39-3/h4-15,30H,1-3H3,(H,34,37). The number of halogens is 2. The Hall–Kier alpha value is -4.08. The van der Waals surface area contributed by atoms with E-state index in [9.17, 15) is 9.59 Å². The Labute approximate surface area is 239 Å². The van der Waals surface area contributed by atoms with Gasteiger partial charge in [0.25, 0.3) is 5.91 Å². The van der Waals surface area contributed by atoms with Gasteiger partial charge in [-0.2, -0.15) is 0 Å². The molecule has 0 bridgehead atoms. The Bertz CT molecular complexity index is 1730. The zero-order valence-corrected chi connectivity index (χ0v) is 23.2. The van der Waals surface area contributed by atoms with Gasteiger partial charge in [-0.1, -0.05) is 53.5 Å². The molecule has 8 nitrogen and oxygen atoms in total. The number of amides is 1. The van der Waals surface area contributed by atoms with Crippen molar-refractivity contribution in [3.8, 4) is 22.6 Å². The lowest BCUT2D eigenvalue weighted by molar-refractivity contribution is -0.106. The van der Waals surface area contributed by atoms with Crippen molar-refractivity contribution in [2.45, 2.75) is 13.2 Å². The number of benzene rings is 3. The first-order valence-electron chi connectivity index (χ1n) is 12.1. The Morgan fingerprint density at radius 3 is 2.42 bits per heavy atom. The number of hydrogen-bond acceptors (Lipinski definition) is 7. The summed E-state index contributed by atoms with van der Waals surface area (Å²) in [7, 11) is 3.04. The Morgan fingerprint density at radius 2 is 1.73 bits per heavy atom. The molecule has 2 aromatic heterocycles. The van der Waals surface area contributed by atoms with E-state index in [1.807, 2.05) is 31.2 Å². The highest BCUT2D eigenvalue weighted by Crippen LogP contribution is 2.39. The monoisotopic (exact) mass is 575 g/mol. The normalized spacial score (nSPS) is 11.2. The molecular formula is C30H23Cl2N3O5. The number of carbonyl (C=O) groups excluding carboxylic acids is 2. The second-order valence-corrected chi connectivity index (χ2v) is 9.65. The summed E-state index contributed by atoms with van der Waals surface area (Å²) in [6, 6.07) is 17.5. The minimum atomic E-state index is -0.574. The highest BCUT2D eigenvalue weighted by molar-refractivity contribution is 6.36. The van der Waals surface area contributed by atoms with Crippen LogP contribution in [-0.2, 0) is 9.47 Å². The number of hydrogen-bond donors (Lipinski definition) is 1. The van der Waals surface area contributed by atoms with Crippen LogP contribution in [-0.4, -0.2) is 36.4 Å². The van der Waals surface area contributed by atoms with Gasteiger partial charge in [0, 0.05) is 42.7 Å². The van der Waals surface area contributed by atoms with Crippen molar-refractivity contribution in [2.24, 2.45) is 0 Å². The number of carbonyl (C=O) groups is 2. The van der Waals surface area contributed by atoms with Gasteiger partial charge in [-0.15, -0.1) is 0 Å². The van der Waals surface area contributed by atoms with Crippen molar-refractivity contribution < 1.29 is 23.5 Å². The minimum Gasteiger partial charge on any atom is -0.434 e. The van der Waals surface area contributed by atoms with Crippen molar-refractivity contribution >= 4 is 52.2 Å². The smallest absolute Gasteiger partial charge is 0.274 e. The largest absolute Gasteiger partial charge is 0.434 e. The lowest BCUT2D eigenvalue weighted by Gasteiger charge is -2.15. The fourth-order valence-electron chi connectivity index (χ4n) is 4.42. The van der Waals surface area contributed by atoms with Crippen LogP contribution in [0, 0.1) is 6.92 Å². The van der Waals surface area contributed by atoms with Gasteiger partial charge in [-0.25, -0.2) is 4.98 Å². The molecule has 0 radical (unpaired) electrons. The number of anilines is 1. The van der Waals surface area contributed by atoms with E-state index in [1.165, 1.54) is 26.5 Å². The second kappa shape index (κ2) is 11.6. The van der Waals surface area contributed by atoms with Crippen molar-refractivity contribution in [3.05, 3.63) is 99.3 Å². The molecule has 10 heteroatoms. The summed E-state index contributed by atoms with van der Waals surface area (Å²) in [4.78, 5) is 33.0. The molecule has 202 valence electrons. The zero-order chi connectivity index (χ0) is 28.4. The van der Waals surface area contributed by atoms with Gasteiger partial charge in [0.05, 0.1) is 15.7 Å². The Balaban J connectivity index is 1.46. The highest BCUT2D eigenvalue weighted by atomic mass is 35.5. The van der Waals surface area contributed by atoms with Crippen LogP contribution in [0.15, 0.2) is 71.3 Å². The summed E-state index contributed by atoms with van der Waals surface area (Å²) >= 11 is 13.1. The number of pyridine rings is 1. The van der Waals surface area contributed by atoms with E-state index < -0.39 is 12.2 Å². The predicted molar refractivity (Wildman–Crippen MR) is 154 cm³/mol. The second-order valence-electron chi connectivity index (χ2n) is 8.87. The molecule has 0 saturated heterocycles. The van der Waals surface area contributed by atoms with Gasteiger partial charge in [0.1, 0.15) is 17.5 Å². The lowest BCUT2D eigenvalue weighted by atomic mass is 9.96. The molecule has 0 saturated carbocycles. The van der Waals surface area contributed by atoms with E-state index in [0.29, 0.717) is 55.7 Å². The van der Waals surface area contributed by atoms with Crippen LogP contribution in [0.25, 0.3) is 33.7 Å². The van der Waals surface area contributed by atoms with E-state index in [1.54, 1.807) is 30.3 Å². The van der Waals surface area contributed by atoms with Crippen LogP contribution in [0.5, 0.6) is 0 Å². The fourth-order valence-corrected chi connectivity index (χ4v) is 4.96. The van der Waals surface area contributed by atoms with Gasteiger partial charge in [-0.05, 0) is 48.4 Å². The molecule has 1 amide bonds. The van der Waals surface area contributed by atoms with Crippen LogP contribution in [0.1, 0.15) is 38.3 Å². The number of nitrogens with zero attached hydrogens (tertiary/aromatic N) is 2. The first kappa shape index (κ1) is 27.5. The molecule has 5 rings (SSSR count). The summed E-state index contributed by atoms with van der Waals surface area (Å²) in [6.45, 7) is 1.93. The number of rotatable bonds is 8. The molecule has 40 heavy (non-hydrogen) atoms. The molecular weight excluding hydrogens is 553 g/mol. The molecule has 0 unspecified atom stereocenters. The fraction of sp³-hybridized carbons (Fsp3) is 0.133.